The van der Waals surface area contributed by atoms with Crippen molar-refractivity contribution >= 4 is 11.6 Å². The molecule has 0 unspecified atom stereocenters. The standard InChI is InChI=1S/C14H17N5O4/c1-9(2)18(7-12(15)20)8-13-16-17-14(23-13)10-3-5-11(6-4-10)19(21)22/h3-6,9H,7-8H2,1-2H3,(H2,15,20). The number of nitrogens with two attached hydrogens (primary N) is 1. The zero-order valence-electron chi connectivity index (χ0n) is 12.8. The first-order valence-corrected chi connectivity index (χ1v) is 6.96. The third-order valence-corrected chi connectivity index (χ3v) is 3.22. The van der Waals surface area contributed by atoms with Crippen molar-refractivity contribution in [1.29, 1.82) is 0 Å². The van der Waals surface area contributed by atoms with Crippen LogP contribution >= 0.6 is 0 Å². The molecule has 1 amide bonds. The second kappa shape index (κ2) is 6.97. The molecule has 0 saturated heterocycles. The molecule has 0 fully saturated rings. The van der Waals surface area contributed by atoms with Gasteiger partial charge in [-0.15, -0.1) is 10.2 Å². The van der Waals surface area contributed by atoms with Gasteiger partial charge < -0.3 is 10.2 Å². The van der Waals surface area contributed by atoms with Gasteiger partial charge in [-0.05, 0) is 26.0 Å². The molecule has 2 rings (SSSR count). The third-order valence-electron chi connectivity index (χ3n) is 3.22. The van der Waals surface area contributed by atoms with Gasteiger partial charge in [0.1, 0.15) is 0 Å². The molecule has 9 nitrogen and oxygen atoms in total. The van der Waals surface area contributed by atoms with Crippen LogP contribution in [0.5, 0.6) is 0 Å². The maximum absolute atomic E-state index is 11.1. The first kappa shape index (κ1) is 16.6. The second-order valence-corrected chi connectivity index (χ2v) is 5.27. The van der Waals surface area contributed by atoms with Crippen molar-refractivity contribution in [1.82, 2.24) is 15.1 Å². The maximum Gasteiger partial charge on any atom is 0.269 e. The summed E-state index contributed by atoms with van der Waals surface area (Å²) in [5, 5.41) is 18.5. The van der Waals surface area contributed by atoms with Crippen molar-refractivity contribution in [2.45, 2.75) is 26.4 Å². The van der Waals surface area contributed by atoms with Gasteiger partial charge >= 0.3 is 0 Å². The number of benzene rings is 1. The number of carbonyl (C=O) groups is 1. The second-order valence-electron chi connectivity index (χ2n) is 5.27. The summed E-state index contributed by atoms with van der Waals surface area (Å²) in [5.74, 6) is 0.166. The van der Waals surface area contributed by atoms with Crippen LogP contribution in [0.4, 0.5) is 5.69 Å². The number of rotatable bonds is 7. The summed E-state index contributed by atoms with van der Waals surface area (Å²) in [6.45, 7) is 4.24. The lowest BCUT2D eigenvalue weighted by Crippen LogP contribution is -2.38. The maximum atomic E-state index is 11.1. The predicted molar refractivity (Wildman–Crippen MR) is 81.1 cm³/mol. The molecule has 0 radical (unpaired) electrons. The fourth-order valence-electron chi connectivity index (χ4n) is 1.95. The van der Waals surface area contributed by atoms with E-state index in [1.165, 1.54) is 12.1 Å². The van der Waals surface area contributed by atoms with Gasteiger partial charge in [0.25, 0.3) is 5.69 Å². The predicted octanol–water partition coefficient (Wildman–Crippen LogP) is 1.34. The molecular formula is C14H17N5O4. The highest BCUT2D eigenvalue weighted by Gasteiger charge is 2.17. The van der Waals surface area contributed by atoms with Gasteiger partial charge in [-0.1, -0.05) is 0 Å². The molecule has 23 heavy (non-hydrogen) atoms. The van der Waals surface area contributed by atoms with Crippen molar-refractivity contribution in [3.63, 3.8) is 0 Å². The first-order chi connectivity index (χ1) is 10.9. The van der Waals surface area contributed by atoms with Gasteiger partial charge in [0.15, 0.2) is 0 Å². The fourth-order valence-corrected chi connectivity index (χ4v) is 1.95. The third kappa shape index (κ3) is 4.33. The Morgan fingerprint density at radius 2 is 2.00 bits per heavy atom. The molecule has 0 spiro atoms. The molecule has 1 heterocycles. The molecule has 122 valence electrons. The van der Waals surface area contributed by atoms with Crippen LogP contribution in [0.1, 0.15) is 19.7 Å². The van der Waals surface area contributed by atoms with E-state index in [-0.39, 0.29) is 24.2 Å². The Kier molecular flexibility index (Phi) is 5.02. The molecule has 0 aliphatic heterocycles. The number of primary amides is 1. The van der Waals surface area contributed by atoms with Crippen molar-refractivity contribution in [3.8, 4) is 11.5 Å². The monoisotopic (exact) mass is 319 g/mol. The molecule has 2 aromatic rings. The van der Waals surface area contributed by atoms with Crippen LogP contribution in [0.3, 0.4) is 0 Å². The van der Waals surface area contributed by atoms with Crippen molar-refractivity contribution in [2.24, 2.45) is 5.73 Å². The Bertz CT molecular complexity index is 695. The number of amides is 1. The highest BCUT2D eigenvalue weighted by Crippen LogP contribution is 2.21. The molecule has 9 heteroatoms. The minimum absolute atomic E-state index is 0.0130. The average molecular weight is 319 g/mol. The Morgan fingerprint density at radius 3 is 2.52 bits per heavy atom. The Labute approximate surface area is 132 Å². The summed E-state index contributed by atoms with van der Waals surface area (Å²) < 4.78 is 5.55. The molecule has 0 bridgehead atoms. The largest absolute Gasteiger partial charge is 0.419 e. The van der Waals surface area contributed by atoms with Crippen molar-refractivity contribution in [3.05, 3.63) is 40.3 Å². The quantitative estimate of drug-likeness (QED) is 0.602. The van der Waals surface area contributed by atoms with E-state index in [0.29, 0.717) is 18.0 Å². The van der Waals surface area contributed by atoms with Crippen molar-refractivity contribution < 1.29 is 14.1 Å². The normalized spacial score (nSPS) is 11.1. The van der Waals surface area contributed by atoms with Gasteiger partial charge in [-0.25, -0.2) is 0 Å². The van der Waals surface area contributed by atoms with Crippen LogP contribution in [0.2, 0.25) is 0 Å². The van der Waals surface area contributed by atoms with Crippen LogP contribution in [-0.4, -0.2) is 38.5 Å². The van der Waals surface area contributed by atoms with E-state index in [1.54, 1.807) is 17.0 Å². The highest BCUT2D eigenvalue weighted by molar-refractivity contribution is 5.75. The van der Waals surface area contributed by atoms with E-state index >= 15 is 0 Å². The van der Waals surface area contributed by atoms with Gasteiger partial charge in [0.05, 0.1) is 18.0 Å². The molecule has 2 N–H and O–H groups in total. The van der Waals surface area contributed by atoms with E-state index in [1.807, 2.05) is 13.8 Å². The summed E-state index contributed by atoms with van der Waals surface area (Å²) in [6.07, 6.45) is 0. The Hall–Kier alpha value is -2.81. The van der Waals surface area contributed by atoms with Crippen LogP contribution in [0.25, 0.3) is 11.5 Å². The van der Waals surface area contributed by atoms with Crippen molar-refractivity contribution in [2.75, 3.05) is 6.54 Å². The molecular weight excluding hydrogens is 302 g/mol. The fraction of sp³-hybridized carbons (Fsp3) is 0.357. The summed E-state index contributed by atoms with van der Waals surface area (Å²) in [4.78, 5) is 23.0. The zero-order valence-corrected chi connectivity index (χ0v) is 12.8. The highest BCUT2D eigenvalue weighted by atomic mass is 16.6. The van der Waals surface area contributed by atoms with Gasteiger partial charge in [-0.3, -0.25) is 19.8 Å². The van der Waals surface area contributed by atoms with E-state index in [0.717, 1.165) is 0 Å². The number of nitrogens with zero attached hydrogens (tertiary/aromatic N) is 4. The number of hydrogen-bond acceptors (Lipinski definition) is 7. The van der Waals surface area contributed by atoms with E-state index < -0.39 is 10.8 Å². The van der Waals surface area contributed by atoms with Gasteiger partial charge in [0, 0.05) is 23.7 Å². The number of nitro benzene ring substituents is 1. The number of carbonyl (C=O) groups excluding carboxylic acids is 1. The number of hydrogen-bond donors (Lipinski definition) is 1. The van der Waals surface area contributed by atoms with E-state index in [2.05, 4.69) is 10.2 Å². The lowest BCUT2D eigenvalue weighted by Gasteiger charge is -2.22. The number of non-ortho nitro benzene ring substituents is 1. The lowest BCUT2D eigenvalue weighted by atomic mass is 10.2. The minimum Gasteiger partial charge on any atom is -0.419 e. The zero-order chi connectivity index (χ0) is 17.0. The Morgan fingerprint density at radius 1 is 1.35 bits per heavy atom. The van der Waals surface area contributed by atoms with Crippen LogP contribution < -0.4 is 5.73 Å². The lowest BCUT2D eigenvalue weighted by molar-refractivity contribution is -0.384. The van der Waals surface area contributed by atoms with E-state index in [9.17, 15) is 14.9 Å². The van der Waals surface area contributed by atoms with Crippen LogP contribution in [0, 0.1) is 10.1 Å². The summed E-state index contributed by atoms with van der Waals surface area (Å²) in [7, 11) is 0. The van der Waals surface area contributed by atoms with Gasteiger partial charge in [-0.2, -0.15) is 0 Å². The Balaban J connectivity index is 2.13. The smallest absolute Gasteiger partial charge is 0.269 e. The number of aromatic nitrogens is 2. The average Bonchev–Trinajstić information content (AvgIpc) is 2.94. The number of nitro groups is 1. The molecule has 0 atom stereocenters. The molecule has 1 aromatic carbocycles. The minimum atomic E-state index is -0.479. The molecule has 0 aliphatic rings. The van der Waals surface area contributed by atoms with Crippen LogP contribution in [0.15, 0.2) is 28.7 Å². The summed E-state index contributed by atoms with van der Waals surface area (Å²) in [6, 6.07) is 5.90. The molecule has 1 aromatic heterocycles. The van der Waals surface area contributed by atoms with Crippen LogP contribution in [-0.2, 0) is 11.3 Å². The van der Waals surface area contributed by atoms with Gasteiger partial charge in [0.2, 0.25) is 17.7 Å². The first-order valence-electron chi connectivity index (χ1n) is 6.96. The molecule has 0 aliphatic carbocycles. The van der Waals surface area contributed by atoms with E-state index in [4.69, 9.17) is 10.2 Å². The summed E-state index contributed by atoms with van der Waals surface area (Å²) >= 11 is 0. The molecule has 0 saturated carbocycles. The summed E-state index contributed by atoms with van der Waals surface area (Å²) in [5.41, 5.74) is 5.79. The SMILES string of the molecule is CC(C)N(CC(N)=O)Cc1nnc(-c2ccc([N+](=O)[O-])cc2)o1. The topological polar surface area (TPSA) is 128 Å².